The number of para-hydroxylation sites is 3. The van der Waals surface area contributed by atoms with E-state index in [1.54, 1.807) is 0 Å². The molecular weight excluding hydrogens is 492 g/mol. The fourth-order valence-electron chi connectivity index (χ4n) is 7.19. The van der Waals surface area contributed by atoms with Crippen LogP contribution in [-0.2, 0) is 6.42 Å². The molecule has 0 bridgehead atoms. The third-order valence-corrected chi connectivity index (χ3v) is 10.2. The van der Waals surface area contributed by atoms with Gasteiger partial charge in [-0.3, -0.25) is 0 Å². The molecular formula is C36H26N2S. The number of benzene rings is 4. The number of nitrogens with zero attached hydrogens (tertiary/aromatic N) is 2. The summed E-state index contributed by atoms with van der Waals surface area (Å²) in [4.78, 5) is 1.40. The minimum Gasteiger partial charge on any atom is -0.336 e. The highest BCUT2D eigenvalue weighted by molar-refractivity contribution is 8.01. The van der Waals surface area contributed by atoms with Crippen molar-refractivity contribution in [2.45, 2.75) is 29.0 Å². The predicted octanol–water partition coefficient (Wildman–Crippen LogP) is 9.36. The van der Waals surface area contributed by atoms with Crippen LogP contribution in [0.5, 0.6) is 0 Å². The number of thioether (sulfide) groups is 1. The minimum atomic E-state index is 0.291. The van der Waals surface area contributed by atoms with Gasteiger partial charge in [-0.1, -0.05) is 91.0 Å². The summed E-state index contributed by atoms with van der Waals surface area (Å²) in [6, 6.07) is 35.9. The number of hydrogen-bond acceptors (Lipinski definition) is 1. The van der Waals surface area contributed by atoms with E-state index in [0.29, 0.717) is 11.3 Å². The molecule has 1 aliphatic heterocycles. The fourth-order valence-corrected chi connectivity index (χ4v) is 8.62. The van der Waals surface area contributed by atoms with Crippen molar-refractivity contribution >= 4 is 61.8 Å². The third-order valence-electron chi connectivity index (χ3n) is 8.80. The van der Waals surface area contributed by atoms with Gasteiger partial charge < -0.3 is 9.13 Å². The number of aromatic nitrogens is 2. The average Bonchev–Trinajstić information content (AvgIpc) is 3.65. The molecule has 9 rings (SSSR count). The molecule has 0 spiro atoms. The van der Waals surface area contributed by atoms with Crippen molar-refractivity contribution in [3.8, 4) is 0 Å². The number of allylic oxidation sites excluding steroid dienone is 4. The highest BCUT2D eigenvalue weighted by atomic mass is 32.2. The first-order valence-electron chi connectivity index (χ1n) is 13.8. The van der Waals surface area contributed by atoms with E-state index in [4.69, 9.17) is 0 Å². The van der Waals surface area contributed by atoms with Crippen molar-refractivity contribution in [3.63, 3.8) is 0 Å². The van der Waals surface area contributed by atoms with Crippen molar-refractivity contribution in [1.29, 1.82) is 0 Å². The van der Waals surface area contributed by atoms with E-state index >= 15 is 0 Å². The summed E-state index contributed by atoms with van der Waals surface area (Å²) in [7, 11) is 0. The largest absolute Gasteiger partial charge is 0.336 e. The van der Waals surface area contributed by atoms with E-state index in [0.717, 1.165) is 12.8 Å². The molecule has 2 nitrogen and oxygen atoms in total. The molecule has 2 aliphatic carbocycles. The molecule has 0 N–H and O–H groups in total. The second kappa shape index (κ2) is 8.14. The second-order valence-electron chi connectivity index (χ2n) is 10.8. The van der Waals surface area contributed by atoms with Gasteiger partial charge in [0.25, 0.3) is 0 Å². The Kier molecular flexibility index (Phi) is 4.53. The first-order chi connectivity index (χ1) is 19.4. The number of hydrogen-bond donors (Lipinski definition) is 0. The lowest BCUT2D eigenvalue weighted by Crippen LogP contribution is -2.23. The van der Waals surface area contributed by atoms with Gasteiger partial charge in [0.2, 0.25) is 0 Å². The van der Waals surface area contributed by atoms with Gasteiger partial charge in [0.1, 0.15) is 0 Å². The zero-order valence-corrected chi connectivity index (χ0v) is 22.2. The van der Waals surface area contributed by atoms with E-state index in [1.165, 1.54) is 65.7 Å². The van der Waals surface area contributed by atoms with Gasteiger partial charge in [-0.2, -0.15) is 0 Å². The zero-order valence-electron chi connectivity index (χ0n) is 21.4. The van der Waals surface area contributed by atoms with Crippen molar-refractivity contribution in [1.82, 2.24) is 9.13 Å². The minimum absolute atomic E-state index is 0.291. The summed E-state index contributed by atoms with van der Waals surface area (Å²) >= 11 is 2.03. The van der Waals surface area contributed by atoms with Crippen molar-refractivity contribution < 1.29 is 0 Å². The standard InChI is InChI=1S/C36H26N2S/c1-5-15-30-24(10-1)25-11-2-6-16-31(25)37(30)23-20-21-33-29(22-23)26-12-3-7-17-32(26)38(33)34-18-9-14-28-27-13-4-8-19-35(27)39-36(28)34/h1-19,22,34,36H,20-21H2. The van der Waals surface area contributed by atoms with Crippen molar-refractivity contribution in [3.05, 3.63) is 132 Å². The maximum Gasteiger partial charge on any atom is 0.0686 e. The Morgan fingerprint density at radius 1 is 0.667 bits per heavy atom. The zero-order chi connectivity index (χ0) is 25.5. The van der Waals surface area contributed by atoms with Crippen LogP contribution in [0.15, 0.2) is 120 Å². The molecule has 0 amide bonds. The number of rotatable bonds is 2. The smallest absolute Gasteiger partial charge is 0.0686 e. The molecule has 3 heteroatoms. The molecule has 3 aliphatic rings. The third kappa shape index (κ3) is 2.99. The monoisotopic (exact) mass is 518 g/mol. The highest BCUT2D eigenvalue weighted by Gasteiger charge is 2.37. The van der Waals surface area contributed by atoms with E-state index in [2.05, 4.69) is 131 Å². The first kappa shape index (κ1) is 21.7. The van der Waals surface area contributed by atoms with E-state index in [-0.39, 0.29) is 0 Å². The Balaban J connectivity index is 1.25. The molecule has 0 fully saturated rings. The Morgan fingerprint density at radius 2 is 1.33 bits per heavy atom. The molecule has 2 unspecified atom stereocenters. The lowest BCUT2D eigenvalue weighted by atomic mass is 9.93. The normalized spacial score (nSPS) is 19.7. The van der Waals surface area contributed by atoms with Crippen LogP contribution in [0.25, 0.3) is 50.1 Å². The molecule has 39 heavy (non-hydrogen) atoms. The maximum atomic E-state index is 2.66. The van der Waals surface area contributed by atoms with Gasteiger partial charge in [0.05, 0.1) is 22.3 Å². The second-order valence-corrected chi connectivity index (χ2v) is 12.0. The van der Waals surface area contributed by atoms with Gasteiger partial charge in [-0.25, -0.2) is 0 Å². The lowest BCUT2D eigenvalue weighted by molar-refractivity contribution is 0.616. The molecule has 3 heterocycles. The molecule has 0 radical (unpaired) electrons. The van der Waals surface area contributed by atoms with Gasteiger partial charge in [-0.05, 0) is 54.3 Å². The van der Waals surface area contributed by atoms with Crippen LogP contribution < -0.4 is 0 Å². The summed E-state index contributed by atoms with van der Waals surface area (Å²) < 4.78 is 5.17. The molecule has 2 atom stereocenters. The highest BCUT2D eigenvalue weighted by Crippen LogP contribution is 2.52. The van der Waals surface area contributed by atoms with Crippen LogP contribution in [0.4, 0.5) is 0 Å². The van der Waals surface area contributed by atoms with Crippen LogP contribution in [0.3, 0.4) is 0 Å². The summed E-state index contributed by atoms with van der Waals surface area (Å²) in [6.45, 7) is 0. The fraction of sp³-hybridized carbons (Fsp3) is 0.111. The lowest BCUT2D eigenvalue weighted by Gasteiger charge is -2.29. The summed E-state index contributed by atoms with van der Waals surface area (Å²) in [5.41, 5.74) is 11.0. The van der Waals surface area contributed by atoms with Crippen LogP contribution in [0.1, 0.15) is 29.3 Å². The molecule has 186 valence electrons. The van der Waals surface area contributed by atoms with Crippen LogP contribution >= 0.6 is 11.8 Å². The van der Waals surface area contributed by atoms with Crippen LogP contribution in [0.2, 0.25) is 0 Å². The summed E-state index contributed by atoms with van der Waals surface area (Å²) in [6.07, 6.45) is 11.6. The summed E-state index contributed by atoms with van der Waals surface area (Å²) in [5, 5.41) is 4.41. The van der Waals surface area contributed by atoms with Crippen molar-refractivity contribution in [2.24, 2.45) is 0 Å². The maximum absolute atomic E-state index is 2.66. The molecule has 2 aromatic heterocycles. The average molecular weight is 519 g/mol. The quantitative estimate of drug-likeness (QED) is 0.222. The van der Waals surface area contributed by atoms with Gasteiger partial charge in [0.15, 0.2) is 0 Å². The van der Waals surface area contributed by atoms with E-state index < -0.39 is 0 Å². The SMILES string of the molecule is C1=CC(n2c3c(c4ccccc42)C=C(n2c4ccccc4c4ccccc42)CC3)C2Sc3ccccc3C2=C1. The first-order valence-corrected chi connectivity index (χ1v) is 14.7. The Bertz CT molecular complexity index is 2010. The van der Waals surface area contributed by atoms with E-state index in [1.807, 2.05) is 11.8 Å². The topological polar surface area (TPSA) is 9.86 Å². The Morgan fingerprint density at radius 3 is 2.13 bits per heavy atom. The summed E-state index contributed by atoms with van der Waals surface area (Å²) in [5.74, 6) is 0. The predicted molar refractivity (Wildman–Crippen MR) is 166 cm³/mol. The number of fused-ring (bicyclic) bond motifs is 9. The van der Waals surface area contributed by atoms with Gasteiger partial charge in [-0.15, -0.1) is 11.8 Å². The Hall–Kier alpha value is -4.21. The van der Waals surface area contributed by atoms with Crippen LogP contribution in [-0.4, -0.2) is 14.4 Å². The molecule has 6 aromatic rings. The molecule has 0 saturated heterocycles. The van der Waals surface area contributed by atoms with Gasteiger partial charge >= 0.3 is 0 Å². The van der Waals surface area contributed by atoms with Gasteiger partial charge in [0, 0.05) is 43.5 Å². The van der Waals surface area contributed by atoms with Crippen molar-refractivity contribution in [2.75, 3.05) is 0 Å². The van der Waals surface area contributed by atoms with E-state index in [9.17, 15) is 0 Å². The Labute approximate surface area is 231 Å². The molecule has 4 aromatic carbocycles. The molecule has 0 saturated carbocycles. The van der Waals surface area contributed by atoms with Crippen LogP contribution in [0, 0.1) is 0 Å².